The van der Waals surface area contributed by atoms with Crippen molar-refractivity contribution >= 4 is 0 Å². The molecule has 0 saturated heterocycles. The van der Waals surface area contributed by atoms with E-state index in [1.807, 2.05) is 6.07 Å². The second kappa shape index (κ2) is 6.18. The van der Waals surface area contributed by atoms with Gasteiger partial charge in [0.05, 0.1) is 12.7 Å². The van der Waals surface area contributed by atoms with E-state index < -0.39 is 0 Å². The van der Waals surface area contributed by atoms with Crippen LogP contribution < -0.4 is 5.73 Å². The molecule has 0 aromatic heterocycles. The Morgan fingerprint density at radius 2 is 1.76 bits per heavy atom. The monoisotopic (exact) mass is 233 g/mol. The second-order valence-electron chi connectivity index (χ2n) is 5.17. The molecule has 1 aromatic rings. The van der Waals surface area contributed by atoms with Crippen LogP contribution in [0.2, 0.25) is 0 Å². The molecule has 1 aliphatic carbocycles. The van der Waals surface area contributed by atoms with Gasteiger partial charge in [-0.25, -0.2) is 0 Å². The Balaban J connectivity index is 1.85. The molecule has 0 heterocycles. The van der Waals surface area contributed by atoms with Gasteiger partial charge in [0.2, 0.25) is 0 Å². The summed E-state index contributed by atoms with van der Waals surface area (Å²) >= 11 is 0. The largest absolute Gasteiger partial charge is 0.374 e. The van der Waals surface area contributed by atoms with Gasteiger partial charge in [0, 0.05) is 6.54 Å². The van der Waals surface area contributed by atoms with Crippen molar-refractivity contribution in [2.24, 2.45) is 11.7 Å². The first-order valence-electron chi connectivity index (χ1n) is 6.68. The Morgan fingerprint density at radius 3 is 2.41 bits per heavy atom. The van der Waals surface area contributed by atoms with E-state index in [9.17, 15) is 0 Å². The smallest absolute Gasteiger partial charge is 0.0723 e. The van der Waals surface area contributed by atoms with Crippen molar-refractivity contribution in [3.8, 4) is 0 Å². The molecule has 0 amide bonds. The summed E-state index contributed by atoms with van der Waals surface area (Å²) in [5.74, 6) is 0.881. The van der Waals surface area contributed by atoms with Gasteiger partial charge in [0.1, 0.15) is 0 Å². The topological polar surface area (TPSA) is 35.2 Å². The zero-order valence-electron chi connectivity index (χ0n) is 10.7. The highest BCUT2D eigenvalue weighted by molar-refractivity contribution is 5.26. The van der Waals surface area contributed by atoms with Crippen LogP contribution in [0, 0.1) is 5.92 Å². The lowest BCUT2D eigenvalue weighted by Crippen LogP contribution is -2.20. The van der Waals surface area contributed by atoms with Gasteiger partial charge in [-0.1, -0.05) is 31.2 Å². The molecule has 2 heteroatoms. The minimum atomic E-state index is 0.456. The van der Waals surface area contributed by atoms with Crippen LogP contribution in [0.5, 0.6) is 0 Å². The van der Waals surface area contributed by atoms with Crippen LogP contribution in [0.3, 0.4) is 0 Å². The third kappa shape index (κ3) is 3.55. The van der Waals surface area contributed by atoms with Gasteiger partial charge in [0.15, 0.2) is 0 Å². The lowest BCUT2D eigenvalue weighted by molar-refractivity contribution is 0.00848. The van der Waals surface area contributed by atoms with Gasteiger partial charge in [0.25, 0.3) is 0 Å². The van der Waals surface area contributed by atoms with Gasteiger partial charge in [-0.3, -0.25) is 0 Å². The maximum atomic E-state index is 6.00. The van der Waals surface area contributed by atoms with Crippen LogP contribution in [0.4, 0.5) is 0 Å². The Hall–Kier alpha value is -0.860. The first kappa shape index (κ1) is 12.6. The van der Waals surface area contributed by atoms with Gasteiger partial charge >= 0.3 is 0 Å². The zero-order valence-corrected chi connectivity index (χ0v) is 10.7. The van der Waals surface area contributed by atoms with Crippen molar-refractivity contribution in [3.63, 3.8) is 0 Å². The van der Waals surface area contributed by atoms with E-state index in [1.54, 1.807) is 0 Å². The van der Waals surface area contributed by atoms with E-state index in [1.165, 1.54) is 36.8 Å². The van der Waals surface area contributed by atoms with Crippen molar-refractivity contribution in [2.75, 3.05) is 0 Å². The van der Waals surface area contributed by atoms with Crippen LogP contribution in [-0.4, -0.2) is 6.10 Å². The summed E-state index contributed by atoms with van der Waals surface area (Å²) in [6.45, 7) is 3.65. The zero-order chi connectivity index (χ0) is 12.1. The average Bonchev–Trinajstić information content (AvgIpc) is 2.38. The summed E-state index contributed by atoms with van der Waals surface area (Å²) < 4.78 is 6.00. The fourth-order valence-corrected chi connectivity index (χ4v) is 2.50. The molecule has 2 rings (SSSR count). The molecule has 1 saturated carbocycles. The van der Waals surface area contributed by atoms with E-state index in [2.05, 4.69) is 25.1 Å². The molecule has 2 nitrogen and oxygen atoms in total. The Bertz CT molecular complexity index is 343. The fraction of sp³-hybridized carbons (Fsp3) is 0.600. The molecule has 0 aliphatic heterocycles. The third-order valence-corrected chi connectivity index (χ3v) is 3.78. The summed E-state index contributed by atoms with van der Waals surface area (Å²) in [5.41, 5.74) is 8.17. The van der Waals surface area contributed by atoms with Gasteiger partial charge in [-0.2, -0.15) is 0 Å². The SMILES string of the molecule is CC1CCC(OCc2ccccc2CN)CC1. The van der Waals surface area contributed by atoms with Crippen LogP contribution in [0.25, 0.3) is 0 Å². The molecule has 2 N–H and O–H groups in total. The average molecular weight is 233 g/mol. The molecule has 1 fully saturated rings. The van der Waals surface area contributed by atoms with Gasteiger partial charge < -0.3 is 10.5 Å². The number of benzene rings is 1. The second-order valence-corrected chi connectivity index (χ2v) is 5.17. The number of rotatable bonds is 4. The van der Waals surface area contributed by atoms with E-state index in [-0.39, 0.29) is 0 Å². The molecule has 17 heavy (non-hydrogen) atoms. The van der Waals surface area contributed by atoms with E-state index in [4.69, 9.17) is 10.5 Å². The summed E-state index contributed by atoms with van der Waals surface area (Å²) in [7, 11) is 0. The third-order valence-electron chi connectivity index (χ3n) is 3.78. The maximum absolute atomic E-state index is 6.00. The van der Waals surface area contributed by atoms with E-state index in [0.29, 0.717) is 19.3 Å². The number of ether oxygens (including phenoxy) is 1. The fourth-order valence-electron chi connectivity index (χ4n) is 2.50. The van der Waals surface area contributed by atoms with E-state index >= 15 is 0 Å². The molecule has 0 bridgehead atoms. The molecule has 0 atom stereocenters. The molecule has 0 spiro atoms. The van der Waals surface area contributed by atoms with Gasteiger partial charge in [-0.15, -0.1) is 0 Å². The molecule has 94 valence electrons. The minimum Gasteiger partial charge on any atom is -0.374 e. The Kier molecular flexibility index (Phi) is 4.57. The maximum Gasteiger partial charge on any atom is 0.0723 e. The first-order chi connectivity index (χ1) is 8.29. The lowest BCUT2D eigenvalue weighted by atomic mass is 9.89. The lowest BCUT2D eigenvalue weighted by Gasteiger charge is -2.26. The summed E-state index contributed by atoms with van der Waals surface area (Å²) in [5, 5.41) is 0. The minimum absolute atomic E-state index is 0.456. The number of hydrogen-bond donors (Lipinski definition) is 1. The highest BCUT2D eigenvalue weighted by Crippen LogP contribution is 2.26. The van der Waals surface area contributed by atoms with Crippen LogP contribution in [0.15, 0.2) is 24.3 Å². The highest BCUT2D eigenvalue weighted by atomic mass is 16.5. The van der Waals surface area contributed by atoms with E-state index in [0.717, 1.165) is 5.92 Å². The van der Waals surface area contributed by atoms with Crippen molar-refractivity contribution in [2.45, 2.75) is 51.9 Å². The van der Waals surface area contributed by atoms with Crippen molar-refractivity contribution in [1.82, 2.24) is 0 Å². The highest BCUT2D eigenvalue weighted by Gasteiger charge is 2.18. The Labute approximate surface area is 104 Å². The van der Waals surface area contributed by atoms with Crippen LogP contribution in [0.1, 0.15) is 43.7 Å². The first-order valence-corrected chi connectivity index (χ1v) is 6.68. The number of hydrogen-bond acceptors (Lipinski definition) is 2. The molecular formula is C15H23NO. The summed E-state index contributed by atoms with van der Waals surface area (Å²) in [6.07, 6.45) is 5.50. The molecular weight excluding hydrogens is 210 g/mol. The molecule has 1 aliphatic rings. The van der Waals surface area contributed by atoms with Crippen molar-refractivity contribution < 1.29 is 4.74 Å². The normalized spacial score (nSPS) is 24.8. The molecule has 0 radical (unpaired) electrons. The van der Waals surface area contributed by atoms with Crippen molar-refractivity contribution in [1.29, 1.82) is 0 Å². The molecule has 0 unspecified atom stereocenters. The summed E-state index contributed by atoms with van der Waals surface area (Å²) in [6, 6.07) is 8.30. The number of nitrogens with two attached hydrogens (primary N) is 1. The standard InChI is InChI=1S/C15H23NO/c1-12-6-8-15(9-7-12)17-11-14-5-3-2-4-13(14)10-16/h2-5,12,15H,6-11,16H2,1H3. The predicted molar refractivity (Wildman–Crippen MR) is 70.5 cm³/mol. The predicted octanol–water partition coefficient (Wildman–Crippen LogP) is 3.24. The van der Waals surface area contributed by atoms with Crippen LogP contribution >= 0.6 is 0 Å². The van der Waals surface area contributed by atoms with Crippen molar-refractivity contribution in [3.05, 3.63) is 35.4 Å². The summed E-state index contributed by atoms with van der Waals surface area (Å²) in [4.78, 5) is 0. The Morgan fingerprint density at radius 1 is 1.12 bits per heavy atom. The van der Waals surface area contributed by atoms with Crippen LogP contribution in [-0.2, 0) is 17.9 Å². The quantitative estimate of drug-likeness (QED) is 0.866. The molecule has 1 aromatic carbocycles. The van der Waals surface area contributed by atoms with Gasteiger partial charge in [-0.05, 0) is 42.7 Å².